The Labute approximate surface area is 836 Å². The number of aliphatic carboxylic acids is 1. The molecule has 0 aliphatic carbocycles. The number of carboxylic acids is 1. The van der Waals surface area contributed by atoms with Crippen LogP contribution in [0.15, 0.2) is 299 Å². The molecule has 728 valence electrons. The largest absolute Gasteiger partial charge is 1.00 e. The van der Waals surface area contributed by atoms with Crippen molar-refractivity contribution >= 4 is 162 Å². The van der Waals surface area contributed by atoms with Gasteiger partial charge in [0.1, 0.15) is 70.0 Å². The first-order valence-electron chi connectivity index (χ1n) is 39.4. The quantitative estimate of drug-likeness (QED) is 0.00936. The van der Waals surface area contributed by atoms with Gasteiger partial charge in [-0.15, -0.1) is 0 Å². The van der Waals surface area contributed by atoms with Gasteiger partial charge in [-0.2, -0.15) is 7.11 Å². The molecular weight excluding hydrogens is 2090 g/mol. The summed E-state index contributed by atoms with van der Waals surface area (Å²) < 4.78 is 219. The van der Waals surface area contributed by atoms with E-state index in [1.54, 1.807) is 242 Å². The molecule has 4 aliphatic rings. The van der Waals surface area contributed by atoms with Gasteiger partial charge in [-0.3, -0.25) is 46.6 Å². The van der Waals surface area contributed by atoms with E-state index in [0.29, 0.717) is 65.4 Å². The molecule has 48 heteroatoms. The van der Waals surface area contributed by atoms with Crippen molar-refractivity contribution in [2.24, 2.45) is 0 Å². The second-order valence-corrected chi connectivity index (χ2v) is 43.1. The summed E-state index contributed by atoms with van der Waals surface area (Å²) in [7, 11) is -6.84. The van der Waals surface area contributed by atoms with Crippen molar-refractivity contribution in [2.45, 2.75) is 73.0 Å². The number of hydrogen-bond acceptors (Lipinski definition) is 30. The van der Waals surface area contributed by atoms with Gasteiger partial charge in [-0.1, -0.05) is 171 Å². The number of nitrogens with zero attached hydrogens (tertiary/aromatic N) is 4. The van der Waals surface area contributed by atoms with Crippen LogP contribution in [0.3, 0.4) is 0 Å². The minimum absolute atomic E-state index is 0. The third-order valence-corrected chi connectivity index (χ3v) is 33.0. The number of sulfonamides is 5. The molecule has 4 atom stereocenters. The number of hydroxylamine groups is 1. The molecular formula is C89H93Br2ClN6NaO31PS6. The maximum absolute atomic E-state index is 13.1. The molecule has 11 aromatic carbocycles. The van der Waals surface area contributed by atoms with Crippen LogP contribution in [-0.4, -0.2) is 174 Å². The van der Waals surface area contributed by atoms with E-state index in [1.165, 1.54) is 97.9 Å². The Morgan fingerprint density at radius 3 is 1.03 bits per heavy atom. The minimum atomic E-state index is -3.90. The molecule has 37 nitrogen and oxygen atoms in total. The Balaban J connectivity index is 0.000000220. The van der Waals surface area contributed by atoms with Crippen molar-refractivity contribution in [1.29, 1.82) is 0 Å². The maximum Gasteiger partial charge on any atom is 1.00 e. The summed E-state index contributed by atoms with van der Waals surface area (Å²) >= 11 is 6.39. The molecule has 4 unspecified atom stereocenters. The number of benzene rings is 11. The molecule has 0 fully saturated rings. The summed E-state index contributed by atoms with van der Waals surface area (Å²) in [5, 5.41) is 36.6. The minimum Gasteiger partial charge on any atom is -0.857 e. The molecule has 0 aromatic heterocycles. The summed E-state index contributed by atoms with van der Waals surface area (Å²) in [6, 6.07) is 69.6. The third kappa shape index (κ3) is 27.0. The topological polar surface area (TPSA) is 503 Å². The van der Waals surface area contributed by atoms with Gasteiger partial charge in [0.05, 0.1) is 117 Å². The van der Waals surface area contributed by atoms with Gasteiger partial charge < -0.3 is 62.3 Å². The molecule has 4 heterocycles. The van der Waals surface area contributed by atoms with E-state index in [9.17, 15) is 84.5 Å². The second kappa shape index (κ2) is 50.6. The van der Waals surface area contributed by atoms with E-state index in [2.05, 4.69) is 50.4 Å². The van der Waals surface area contributed by atoms with E-state index in [-0.39, 0.29) is 113 Å². The number of esters is 2. The number of carboxylic acid groups (broad SMARTS) is 1. The van der Waals surface area contributed by atoms with Crippen molar-refractivity contribution in [3.05, 3.63) is 292 Å². The van der Waals surface area contributed by atoms with Gasteiger partial charge in [0.25, 0.3) is 59.2 Å². The van der Waals surface area contributed by atoms with E-state index >= 15 is 0 Å². The SMILES string of the molecule is COC(=O)CC1c2cccc(OC)c2S(=O)(=O)N1c1ccccc1.COC(=O)CP(=O)(OC)OC.COc1ccc(Br)cc1S(=O)(=O)Cl.COc1ccc(Br)cc1S(=O)(=O)Nc1ccccc1.COc1cccc2c1S(=O)(=O)N(c1ccccc1)C2CC(=O)NO.COc1cccc2c1S(=O)(=O)N(c1ccccc1)C2CC(=O)O.COc1cccc2c1S(=O)(=O)N(c1ccccc1)C2O.C[O-].[Na+]. The molecule has 11 aromatic rings. The summed E-state index contributed by atoms with van der Waals surface area (Å²) in [5.41, 5.74) is 5.59. The first-order chi connectivity index (χ1) is 64.6. The van der Waals surface area contributed by atoms with Gasteiger partial charge in [-0.05, 0) is 121 Å². The molecule has 15 rings (SSSR count). The number of anilines is 5. The Morgan fingerprint density at radius 2 is 0.708 bits per heavy atom. The zero-order valence-electron chi connectivity index (χ0n) is 75.1. The number of halogens is 3. The number of rotatable bonds is 24. The van der Waals surface area contributed by atoms with Crippen molar-refractivity contribution < 1.29 is 171 Å². The first-order valence-corrected chi connectivity index (χ1v) is 52.3. The monoisotopic (exact) mass is 2180 g/mol. The van der Waals surface area contributed by atoms with E-state index in [0.717, 1.165) is 15.7 Å². The summed E-state index contributed by atoms with van der Waals surface area (Å²) in [5.74, 6) is -1.36. The first kappa shape index (κ1) is 113. The van der Waals surface area contributed by atoms with Crippen LogP contribution < -0.4 is 90.5 Å². The van der Waals surface area contributed by atoms with Crippen molar-refractivity contribution in [1.82, 2.24) is 5.48 Å². The molecule has 1 amide bonds. The van der Waals surface area contributed by atoms with Gasteiger partial charge in [-0.25, -0.2) is 60.3 Å². The number of ether oxygens (including phenoxy) is 8. The van der Waals surface area contributed by atoms with Gasteiger partial charge in [0, 0.05) is 61.8 Å². The van der Waals surface area contributed by atoms with Crippen LogP contribution >= 0.6 is 50.1 Å². The molecule has 0 saturated heterocycles. The van der Waals surface area contributed by atoms with Crippen LogP contribution in [0.1, 0.15) is 65.9 Å². The van der Waals surface area contributed by atoms with E-state index in [1.807, 2.05) is 6.07 Å². The predicted octanol–water partition coefficient (Wildman–Crippen LogP) is 10.9. The van der Waals surface area contributed by atoms with Crippen molar-refractivity contribution in [2.75, 3.05) is 106 Å². The van der Waals surface area contributed by atoms with Crippen molar-refractivity contribution in [3.63, 3.8) is 0 Å². The van der Waals surface area contributed by atoms with Crippen LogP contribution in [0.4, 0.5) is 28.4 Å². The van der Waals surface area contributed by atoms with E-state index in [4.69, 9.17) is 54.2 Å². The van der Waals surface area contributed by atoms with Crippen LogP contribution in [-0.2, 0) is 101 Å². The number of hydrogen-bond donors (Lipinski definition) is 5. The van der Waals surface area contributed by atoms with Gasteiger partial charge in [0.15, 0.2) is 6.23 Å². The number of carbonyl (C=O) groups excluding carboxylic acids is 3. The second-order valence-electron chi connectivity index (χ2n) is 27.8. The number of aliphatic hydroxyl groups excluding tert-OH is 1. The summed E-state index contributed by atoms with van der Waals surface area (Å²) in [6.07, 6.45) is -2.21. The van der Waals surface area contributed by atoms with Gasteiger partial charge in [0.2, 0.25) is 5.91 Å². The van der Waals surface area contributed by atoms with Crippen LogP contribution in [0.5, 0.6) is 34.5 Å². The fourth-order valence-electron chi connectivity index (χ4n) is 14.0. The summed E-state index contributed by atoms with van der Waals surface area (Å²) in [6.45, 7) is 0. The number of fused-ring (bicyclic) bond motifs is 4. The van der Waals surface area contributed by atoms with Crippen molar-refractivity contribution in [3.8, 4) is 34.5 Å². The van der Waals surface area contributed by atoms with Crippen LogP contribution in [0.2, 0.25) is 0 Å². The molecule has 0 bridgehead atoms. The number of carbonyl (C=O) groups is 4. The Bertz CT molecular complexity index is 6670. The predicted molar refractivity (Wildman–Crippen MR) is 509 cm³/mol. The smallest absolute Gasteiger partial charge is 0.857 e. The van der Waals surface area contributed by atoms with Gasteiger partial charge >= 0.3 is 55.1 Å². The standard InChI is InChI=1S/C17H17NO5S.C16H16N2O5S.C16H15NO5S.C14H13NO4S.C13H12BrNO3S.C7H6BrClO3S.C5H11O5P.CH3O.Na/c1-22-15-10-6-9-13-14(11-16(19)23-2)18(24(20,21)17(13)15)12-7-4-3-5-8-12;1-23-14-9-5-8-12-13(10-15(19)17-20)18(24(21,22)16(12)14)11-6-3-2-4-7-11;1-22-14-9-5-8-12-13(10-15(18)19)17(23(20,21)16(12)14)11-6-3-2-4-7-11;1-19-12-9-5-8-11-13(12)20(17,18)15(14(11)16)10-6-3-2-4-7-10;1-18-12-8-7-10(14)9-13(12)19(16,17)15-11-5-3-2-4-6-11;1-12-6-3-2-5(8)4-7(6)13(9,10)11;1-8-5(6)4-11(7,9-2)10-3;1-2;/h3-10,14H,11H2,1-2H3;2-9,13,20H,10H2,1H3,(H,17,19);2-9,13H,10H2,1H3,(H,18,19);2-9,14,16H,1H3;2-9,15H,1H3;2-4H,1H3;4H2,1-3H3;1H3;/q;;;;;;;-1;+1. The van der Waals surface area contributed by atoms with Crippen LogP contribution in [0, 0.1) is 0 Å². The molecule has 0 spiro atoms. The Kier molecular flexibility index (Phi) is 41.8. The fraction of sp³-hybridized carbons (Fsp3) is 0.213. The molecule has 0 saturated carbocycles. The third-order valence-electron chi connectivity index (χ3n) is 19.8. The molecule has 4 aliphatic heterocycles. The number of methoxy groups -OCH3 is 8. The Hall–Kier alpha value is -10.9. The Morgan fingerprint density at radius 1 is 0.409 bits per heavy atom. The van der Waals surface area contributed by atoms with E-state index < -0.39 is 115 Å². The maximum atomic E-state index is 13.1. The fourth-order valence-corrected chi connectivity index (χ4v) is 26.1. The number of amides is 1. The number of para-hydroxylation sites is 5. The summed E-state index contributed by atoms with van der Waals surface area (Å²) in [4.78, 5) is 45.7. The number of nitrogens with one attached hydrogen (secondary N) is 2. The number of aliphatic hydroxyl groups is 1. The zero-order chi connectivity index (χ0) is 100. The molecule has 5 N–H and O–H groups in total. The molecule has 0 radical (unpaired) electrons. The average molecular weight is 2180 g/mol. The average Bonchev–Trinajstić information content (AvgIpc) is 1.60. The normalized spacial score (nSPS) is 15.9. The molecule has 137 heavy (non-hydrogen) atoms. The van der Waals surface area contributed by atoms with Crippen LogP contribution in [0.25, 0.3) is 0 Å². The zero-order valence-corrected chi connectivity index (χ0v) is 86.8.